The maximum atomic E-state index is 6.01. The zero-order valence-corrected chi connectivity index (χ0v) is 11.4. The first-order valence-electron chi connectivity index (χ1n) is 5.28. The van der Waals surface area contributed by atoms with Gasteiger partial charge in [-0.3, -0.25) is 0 Å². The second-order valence-electron chi connectivity index (χ2n) is 3.33. The monoisotopic (exact) mass is 266 g/mol. The number of nitrogens with two attached hydrogens (primary N) is 1. The van der Waals surface area contributed by atoms with Crippen molar-refractivity contribution in [3.63, 3.8) is 0 Å². The molecule has 0 spiro atoms. The molecule has 0 aliphatic carbocycles. The number of hydrogen-bond donors (Lipinski definition) is 1. The summed E-state index contributed by atoms with van der Waals surface area (Å²) < 4.78 is 6.33. The predicted octanol–water partition coefficient (Wildman–Crippen LogP) is 3.51. The van der Waals surface area contributed by atoms with Gasteiger partial charge in [0.25, 0.3) is 0 Å². The highest BCUT2D eigenvalue weighted by molar-refractivity contribution is 8.01. The van der Waals surface area contributed by atoms with Crippen LogP contribution in [-0.4, -0.2) is 17.8 Å². The third-order valence-electron chi connectivity index (χ3n) is 2.26. The van der Waals surface area contributed by atoms with Crippen LogP contribution >= 0.6 is 23.1 Å². The lowest BCUT2D eigenvalue weighted by molar-refractivity contribution is 0.416. The summed E-state index contributed by atoms with van der Waals surface area (Å²) in [6.45, 7) is 2.10. The van der Waals surface area contributed by atoms with Gasteiger partial charge in [-0.25, -0.2) is 4.98 Å². The van der Waals surface area contributed by atoms with Gasteiger partial charge in [0, 0.05) is 5.56 Å². The van der Waals surface area contributed by atoms with Gasteiger partial charge in [-0.05, 0) is 17.9 Å². The summed E-state index contributed by atoms with van der Waals surface area (Å²) >= 11 is 3.23. The van der Waals surface area contributed by atoms with Crippen LogP contribution in [0.2, 0.25) is 0 Å². The van der Waals surface area contributed by atoms with Crippen molar-refractivity contribution < 1.29 is 4.74 Å². The van der Waals surface area contributed by atoms with E-state index in [1.807, 2.05) is 24.3 Å². The first-order chi connectivity index (χ1) is 8.26. The van der Waals surface area contributed by atoms with Gasteiger partial charge in [0.1, 0.15) is 16.4 Å². The summed E-state index contributed by atoms with van der Waals surface area (Å²) in [6, 6.07) is 7.79. The van der Waals surface area contributed by atoms with E-state index in [-0.39, 0.29) is 0 Å². The van der Waals surface area contributed by atoms with Crippen molar-refractivity contribution in [2.24, 2.45) is 0 Å². The smallest absolute Gasteiger partial charge is 0.152 e. The van der Waals surface area contributed by atoms with E-state index in [1.165, 1.54) is 11.3 Å². The minimum absolute atomic E-state index is 0.741. The second kappa shape index (κ2) is 5.42. The Morgan fingerprint density at radius 3 is 2.88 bits per heavy atom. The number of hydrogen-bond acceptors (Lipinski definition) is 5. The van der Waals surface area contributed by atoms with Crippen LogP contribution in [-0.2, 0) is 0 Å². The number of aromatic nitrogens is 1. The molecule has 0 unspecified atom stereocenters. The zero-order chi connectivity index (χ0) is 12.3. The summed E-state index contributed by atoms with van der Waals surface area (Å²) in [5.74, 6) is 1.80. The molecule has 1 aromatic heterocycles. The van der Waals surface area contributed by atoms with E-state index in [4.69, 9.17) is 10.5 Å². The Labute approximate surface area is 109 Å². The highest BCUT2D eigenvalue weighted by Crippen LogP contribution is 2.38. The van der Waals surface area contributed by atoms with Crippen molar-refractivity contribution in [2.45, 2.75) is 11.3 Å². The SMILES string of the molecule is CCSc1nc(-c2ccccc2OC)c(N)s1. The van der Waals surface area contributed by atoms with Crippen LogP contribution in [0.15, 0.2) is 28.6 Å². The molecular formula is C12H14N2OS2. The number of thioether (sulfide) groups is 1. The van der Waals surface area contributed by atoms with Gasteiger partial charge in [-0.1, -0.05) is 42.2 Å². The van der Waals surface area contributed by atoms with Gasteiger partial charge < -0.3 is 10.5 Å². The van der Waals surface area contributed by atoms with Crippen molar-refractivity contribution in [3.05, 3.63) is 24.3 Å². The fourth-order valence-corrected chi connectivity index (χ4v) is 3.37. The number of nitrogen functional groups attached to an aromatic ring is 1. The number of thiazole rings is 1. The van der Waals surface area contributed by atoms with Crippen LogP contribution in [0, 0.1) is 0 Å². The lowest BCUT2D eigenvalue weighted by Gasteiger charge is -2.05. The van der Waals surface area contributed by atoms with E-state index in [0.29, 0.717) is 0 Å². The fourth-order valence-electron chi connectivity index (χ4n) is 1.53. The van der Waals surface area contributed by atoms with Gasteiger partial charge in [0.15, 0.2) is 4.34 Å². The average molecular weight is 266 g/mol. The Bertz CT molecular complexity index is 511. The topological polar surface area (TPSA) is 48.1 Å². The summed E-state index contributed by atoms with van der Waals surface area (Å²) in [7, 11) is 1.66. The van der Waals surface area contributed by atoms with Gasteiger partial charge in [-0.15, -0.1) is 0 Å². The van der Waals surface area contributed by atoms with Crippen molar-refractivity contribution >= 4 is 28.1 Å². The summed E-state index contributed by atoms with van der Waals surface area (Å²) in [4.78, 5) is 4.55. The molecule has 0 atom stereocenters. The van der Waals surface area contributed by atoms with Crippen LogP contribution in [0.3, 0.4) is 0 Å². The summed E-state index contributed by atoms with van der Waals surface area (Å²) in [5, 5.41) is 0.741. The van der Waals surface area contributed by atoms with E-state index in [1.54, 1.807) is 18.9 Å². The third kappa shape index (κ3) is 2.56. The highest BCUT2D eigenvalue weighted by Gasteiger charge is 2.14. The Kier molecular flexibility index (Phi) is 3.91. The number of para-hydroxylation sites is 1. The molecule has 1 aromatic carbocycles. The molecule has 0 bridgehead atoms. The lowest BCUT2D eigenvalue weighted by Crippen LogP contribution is -1.90. The van der Waals surface area contributed by atoms with E-state index < -0.39 is 0 Å². The van der Waals surface area contributed by atoms with Crippen LogP contribution < -0.4 is 10.5 Å². The van der Waals surface area contributed by atoms with Crippen molar-refractivity contribution in [1.82, 2.24) is 4.98 Å². The zero-order valence-electron chi connectivity index (χ0n) is 9.77. The molecule has 0 aliphatic heterocycles. The number of benzene rings is 1. The molecule has 3 nitrogen and oxygen atoms in total. The van der Waals surface area contributed by atoms with Gasteiger partial charge >= 0.3 is 0 Å². The number of anilines is 1. The van der Waals surface area contributed by atoms with E-state index in [0.717, 1.165) is 32.1 Å². The molecule has 0 radical (unpaired) electrons. The quantitative estimate of drug-likeness (QED) is 0.860. The standard InChI is InChI=1S/C12H14N2OS2/c1-3-16-12-14-10(11(13)17-12)8-6-4-5-7-9(8)15-2/h4-7H,3,13H2,1-2H3. The molecule has 2 N–H and O–H groups in total. The maximum Gasteiger partial charge on any atom is 0.152 e. The first-order valence-corrected chi connectivity index (χ1v) is 7.09. The van der Waals surface area contributed by atoms with Crippen LogP contribution in [0.5, 0.6) is 5.75 Å². The normalized spacial score (nSPS) is 10.5. The Balaban J connectivity index is 2.45. The molecule has 0 aliphatic rings. The van der Waals surface area contributed by atoms with Crippen molar-refractivity contribution in [3.8, 4) is 17.0 Å². The second-order valence-corrected chi connectivity index (χ2v) is 5.87. The van der Waals surface area contributed by atoms with Crippen LogP contribution in [0.25, 0.3) is 11.3 Å². The predicted molar refractivity (Wildman–Crippen MR) is 74.9 cm³/mol. The molecule has 17 heavy (non-hydrogen) atoms. The number of nitrogens with zero attached hydrogens (tertiary/aromatic N) is 1. The molecule has 0 saturated carbocycles. The highest BCUT2D eigenvalue weighted by atomic mass is 32.2. The third-order valence-corrected chi connectivity index (χ3v) is 4.17. The van der Waals surface area contributed by atoms with Crippen LogP contribution in [0.1, 0.15) is 6.92 Å². The van der Waals surface area contributed by atoms with Gasteiger partial charge in [0.2, 0.25) is 0 Å². The molecule has 90 valence electrons. The minimum Gasteiger partial charge on any atom is -0.496 e. The first kappa shape index (κ1) is 12.3. The Morgan fingerprint density at radius 1 is 1.41 bits per heavy atom. The Morgan fingerprint density at radius 2 is 2.18 bits per heavy atom. The molecule has 1 heterocycles. The van der Waals surface area contributed by atoms with Crippen LogP contribution in [0.4, 0.5) is 5.00 Å². The fraction of sp³-hybridized carbons (Fsp3) is 0.250. The summed E-state index contributed by atoms with van der Waals surface area (Å²) in [5.41, 5.74) is 7.79. The molecule has 0 saturated heterocycles. The number of ether oxygens (including phenoxy) is 1. The molecule has 2 rings (SSSR count). The van der Waals surface area contributed by atoms with E-state index >= 15 is 0 Å². The largest absolute Gasteiger partial charge is 0.496 e. The molecule has 0 fully saturated rings. The summed E-state index contributed by atoms with van der Waals surface area (Å²) in [6.07, 6.45) is 0. The number of rotatable bonds is 4. The van der Waals surface area contributed by atoms with E-state index in [9.17, 15) is 0 Å². The maximum absolute atomic E-state index is 6.01. The molecule has 0 amide bonds. The van der Waals surface area contributed by atoms with Crippen molar-refractivity contribution in [1.29, 1.82) is 0 Å². The average Bonchev–Trinajstić information content (AvgIpc) is 2.70. The Hall–Kier alpha value is -1.20. The lowest BCUT2D eigenvalue weighted by atomic mass is 10.1. The van der Waals surface area contributed by atoms with Gasteiger partial charge in [-0.2, -0.15) is 0 Å². The minimum atomic E-state index is 0.741. The molecule has 5 heteroatoms. The molecule has 2 aromatic rings. The molecular weight excluding hydrogens is 252 g/mol. The number of methoxy groups -OCH3 is 1. The van der Waals surface area contributed by atoms with Gasteiger partial charge in [0.05, 0.1) is 7.11 Å². The van der Waals surface area contributed by atoms with E-state index in [2.05, 4.69) is 11.9 Å². The van der Waals surface area contributed by atoms with Crippen molar-refractivity contribution in [2.75, 3.05) is 18.6 Å².